The minimum atomic E-state index is -3.47. The quantitative estimate of drug-likeness (QED) is 0.851. The Hall–Kier alpha value is -1.58. The topological polar surface area (TPSA) is 95.5 Å². The number of piperidine rings is 1. The summed E-state index contributed by atoms with van der Waals surface area (Å²) in [6.45, 7) is 4.68. The van der Waals surface area contributed by atoms with Gasteiger partial charge in [-0.25, -0.2) is 9.97 Å². The van der Waals surface area contributed by atoms with E-state index in [2.05, 4.69) is 15.3 Å². The van der Waals surface area contributed by atoms with Gasteiger partial charge in [0.05, 0.1) is 6.42 Å². The van der Waals surface area contributed by atoms with Crippen LogP contribution in [0.3, 0.4) is 0 Å². The van der Waals surface area contributed by atoms with Crippen LogP contribution < -0.4 is 5.32 Å². The molecule has 2 aliphatic heterocycles. The first-order valence-electron chi connectivity index (χ1n) is 7.99. The van der Waals surface area contributed by atoms with Crippen LogP contribution in [0.25, 0.3) is 0 Å². The average Bonchev–Trinajstić information content (AvgIpc) is 2.88. The zero-order chi connectivity index (χ0) is 17.7. The van der Waals surface area contributed by atoms with Crippen LogP contribution in [-0.4, -0.2) is 60.1 Å². The largest absolute Gasteiger partial charge is 0.310 e. The fourth-order valence-electron chi connectivity index (χ4n) is 3.32. The summed E-state index contributed by atoms with van der Waals surface area (Å²) < 4.78 is 27.6. The number of nitrogens with one attached hydrogen (secondary N) is 1. The number of rotatable bonds is 3. The van der Waals surface area contributed by atoms with Gasteiger partial charge in [0.25, 0.3) is 10.2 Å². The summed E-state index contributed by atoms with van der Waals surface area (Å²) in [5.41, 5.74) is 1.14. The number of aromatic nitrogens is 2. The molecule has 0 spiro atoms. The van der Waals surface area contributed by atoms with Gasteiger partial charge in [-0.3, -0.25) is 4.79 Å². The highest BCUT2D eigenvalue weighted by molar-refractivity contribution is 7.86. The molecule has 1 amide bonds. The van der Waals surface area contributed by atoms with Crippen molar-refractivity contribution in [1.29, 1.82) is 0 Å². The van der Waals surface area contributed by atoms with E-state index in [1.165, 1.54) is 22.7 Å². The molecule has 1 atom stereocenters. The molecule has 0 aliphatic carbocycles. The highest BCUT2D eigenvalue weighted by Gasteiger charge is 2.41. The molecule has 24 heavy (non-hydrogen) atoms. The van der Waals surface area contributed by atoms with Gasteiger partial charge in [-0.1, -0.05) is 6.92 Å². The van der Waals surface area contributed by atoms with Crippen LogP contribution in [0, 0.1) is 6.92 Å². The molecular weight excluding hydrogens is 330 g/mol. The first kappa shape index (κ1) is 17.2. The van der Waals surface area contributed by atoms with Gasteiger partial charge in [-0.05, 0) is 19.8 Å². The van der Waals surface area contributed by atoms with Gasteiger partial charge in [0.2, 0.25) is 5.91 Å². The highest BCUT2D eigenvalue weighted by Crippen LogP contribution is 2.35. The van der Waals surface area contributed by atoms with E-state index in [9.17, 15) is 13.2 Å². The molecule has 1 fully saturated rings. The summed E-state index contributed by atoms with van der Waals surface area (Å²) in [5, 5.41) is 2.76. The first-order chi connectivity index (χ1) is 11.1. The fourth-order valence-corrected chi connectivity index (χ4v) is 4.59. The van der Waals surface area contributed by atoms with Crippen molar-refractivity contribution in [3.63, 3.8) is 0 Å². The van der Waals surface area contributed by atoms with Crippen molar-refractivity contribution in [3.8, 4) is 0 Å². The number of carbonyl (C=O) groups is 1. The van der Waals surface area contributed by atoms with Crippen molar-refractivity contribution >= 4 is 21.9 Å². The minimum absolute atomic E-state index is 0.0786. The van der Waals surface area contributed by atoms with Crippen molar-refractivity contribution in [1.82, 2.24) is 18.6 Å². The Balaban J connectivity index is 1.96. The number of hydrogen-bond donors (Lipinski definition) is 1. The van der Waals surface area contributed by atoms with E-state index < -0.39 is 15.6 Å². The molecule has 3 heterocycles. The molecule has 1 aromatic rings. The van der Waals surface area contributed by atoms with E-state index in [4.69, 9.17) is 0 Å². The average molecular weight is 353 g/mol. The summed E-state index contributed by atoms with van der Waals surface area (Å²) in [7, 11) is -0.399. The molecular formula is C15H23N5O3S. The lowest BCUT2D eigenvalue weighted by atomic mass is 9.81. The van der Waals surface area contributed by atoms with Crippen LogP contribution >= 0.6 is 0 Å². The predicted molar refractivity (Wildman–Crippen MR) is 89.9 cm³/mol. The third-order valence-corrected chi connectivity index (χ3v) is 6.69. The Morgan fingerprint density at radius 2 is 2.00 bits per heavy atom. The van der Waals surface area contributed by atoms with E-state index in [1.54, 1.807) is 0 Å². The summed E-state index contributed by atoms with van der Waals surface area (Å²) in [4.78, 5) is 20.7. The molecule has 1 N–H and O–H groups in total. The van der Waals surface area contributed by atoms with Crippen LogP contribution in [0.5, 0.6) is 0 Å². The van der Waals surface area contributed by atoms with Gasteiger partial charge in [-0.15, -0.1) is 0 Å². The van der Waals surface area contributed by atoms with Crippen LogP contribution in [-0.2, 0) is 26.8 Å². The SMILES string of the molecule is Cc1nc([C@]2(C)CCCN(S(=O)(=O)N(C)C)C2)nc2c1CC(=O)N2. The third kappa shape index (κ3) is 2.80. The highest BCUT2D eigenvalue weighted by atomic mass is 32.2. The van der Waals surface area contributed by atoms with Crippen molar-refractivity contribution in [2.45, 2.75) is 38.5 Å². The van der Waals surface area contributed by atoms with Crippen LogP contribution in [0.4, 0.5) is 5.82 Å². The van der Waals surface area contributed by atoms with Crippen LogP contribution in [0.1, 0.15) is 36.8 Å². The minimum Gasteiger partial charge on any atom is -0.310 e. The van der Waals surface area contributed by atoms with E-state index in [0.717, 1.165) is 24.1 Å². The Bertz CT molecular complexity index is 793. The van der Waals surface area contributed by atoms with E-state index in [0.29, 0.717) is 31.2 Å². The maximum atomic E-state index is 12.5. The zero-order valence-electron chi connectivity index (χ0n) is 14.5. The molecule has 0 saturated carbocycles. The maximum Gasteiger partial charge on any atom is 0.281 e. The molecule has 132 valence electrons. The van der Waals surface area contributed by atoms with Gasteiger partial charge in [0.1, 0.15) is 11.6 Å². The number of hydrogen-bond acceptors (Lipinski definition) is 5. The van der Waals surface area contributed by atoms with E-state index >= 15 is 0 Å². The number of nitrogens with zero attached hydrogens (tertiary/aromatic N) is 4. The molecule has 0 radical (unpaired) electrons. The van der Waals surface area contributed by atoms with Crippen molar-refractivity contribution in [3.05, 3.63) is 17.1 Å². The standard InChI is InChI=1S/C15H23N5O3S/c1-10-11-8-12(21)17-13(11)18-14(16-10)15(2)6-5-7-20(9-15)24(22,23)19(3)4/h5-9H2,1-4H3,(H,16,17,18,21)/t15-/m1/s1. The maximum absolute atomic E-state index is 12.5. The van der Waals surface area contributed by atoms with Gasteiger partial charge >= 0.3 is 0 Å². The van der Waals surface area contributed by atoms with Crippen molar-refractivity contribution in [2.24, 2.45) is 0 Å². The molecule has 0 aromatic carbocycles. The molecule has 2 aliphatic rings. The Morgan fingerprint density at radius 1 is 1.29 bits per heavy atom. The molecule has 8 nitrogen and oxygen atoms in total. The molecule has 0 unspecified atom stereocenters. The Morgan fingerprint density at radius 3 is 2.67 bits per heavy atom. The van der Waals surface area contributed by atoms with Gasteiger partial charge < -0.3 is 5.32 Å². The zero-order valence-corrected chi connectivity index (χ0v) is 15.3. The second kappa shape index (κ2) is 5.75. The Kier molecular flexibility index (Phi) is 4.13. The van der Waals surface area contributed by atoms with Crippen LogP contribution in [0.15, 0.2) is 0 Å². The first-order valence-corrected chi connectivity index (χ1v) is 9.39. The smallest absolute Gasteiger partial charge is 0.281 e. The monoisotopic (exact) mass is 353 g/mol. The second-order valence-corrected chi connectivity index (χ2v) is 9.12. The molecule has 9 heteroatoms. The number of amides is 1. The second-order valence-electron chi connectivity index (χ2n) is 6.97. The van der Waals surface area contributed by atoms with Gasteiger partial charge in [0, 0.05) is 43.9 Å². The molecule has 0 bridgehead atoms. The number of fused-ring (bicyclic) bond motifs is 1. The summed E-state index contributed by atoms with van der Waals surface area (Å²) in [6, 6.07) is 0. The lowest BCUT2D eigenvalue weighted by Gasteiger charge is -2.39. The van der Waals surface area contributed by atoms with E-state index in [-0.39, 0.29) is 5.91 Å². The third-order valence-electron chi connectivity index (χ3n) is 4.80. The van der Waals surface area contributed by atoms with Gasteiger partial charge in [-0.2, -0.15) is 17.0 Å². The van der Waals surface area contributed by atoms with Crippen molar-refractivity contribution in [2.75, 3.05) is 32.5 Å². The number of carbonyl (C=O) groups excluding carboxylic acids is 1. The number of anilines is 1. The summed E-state index contributed by atoms with van der Waals surface area (Å²) >= 11 is 0. The lowest BCUT2D eigenvalue weighted by Crippen LogP contribution is -2.51. The van der Waals surface area contributed by atoms with Crippen LogP contribution in [0.2, 0.25) is 0 Å². The Labute approximate surface area is 142 Å². The summed E-state index contributed by atoms with van der Waals surface area (Å²) in [5.74, 6) is 1.08. The van der Waals surface area contributed by atoms with Crippen molar-refractivity contribution < 1.29 is 13.2 Å². The van der Waals surface area contributed by atoms with E-state index in [1.807, 2.05) is 13.8 Å². The lowest BCUT2D eigenvalue weighted by molar-refractivity contribution is -0.115. The molecule has 3 rings (SSSR count). The molecule has 1 saturated heterocycles. The molecule has 1 aromatic heterocycles. The normalized spacial score (nSPS) is 25.0. The number of aryl methyl sites for hydroxylation is 1. The van der Waals surface area contributed by atoms with Gasteiger partial charge in [0.15, 0.2) is 0 Å². The summed E-state index contributed by atoms with van der Waals surface area (Å²) in [6.07, 6.45) is 1.85. The fraction of sp³-hybridized carbons (Fsp3) is 0.667. The predicted octanol–water partition coefficient (Wildman–Crippen LogP) is 0.440.